The Balaban J connectivity index is 2.33. The molecule has 0 saturated heterocycles. The maximum atomic E-state index is 5.65. The molecule has 0 fully saturated rings. The van der Waals surface area contributed by atoms with Crippen molar-refractivity contribution >= 4 is 17.0 Å². The second kappa shape index (κ2) is 4.53. The summed E-state index contributed by atoms with van der Waals surface area (Å²) in [6.45, 7) is 4.62. The highest BCUT2D eigenvalue weighted by atomic mass is 32.1. The van der Waals surface area contributed by atoms with Crippen LogP contribution in [0.4, 0.5) is 5.69 Å². The lowest BCUT2D eigenvalue weighted by atomic mass is 10.2. The number of thiazole rings is 1. The molecule has 0 spiro atoms. The molecular weight excluding hydrogens is 220 g/mol. The molecule has 84 valence electrons. The highest BCUT2D eigenvalue weighted by Crippen LogP contribution is 2.31. The average molecular weight is 234 g/mol. The molecule has 0 unspecified atom stereocenters. The van der Waals surface area contributed by atoms with Crippen LogP contribution in [0.5, 0.6) is 5.88 Å². The summed E-state index contributed by atoms with van der Waals surface area (Å²) in [5.74, 6) is 0.735. The first-order chi connectivity index (χ1) is 7.70. The van der Waals surface area contributed by atoms with Gasteiger partial charge in [-0.15, -0.1) is 11.3 Å². The number of aryl methyl sites for hydroxylation is 1. The van der Waals surface area contributed by atoms with Crippen molar-refractivity contribution in [2.24, 2.45) is 0 Å². The number of aromatic nitrogens is 1. The van der Waals surface area contributed by atoms with Crippen LogP contribution in [0, 0.1) is 6.92 Å². The van der Waals surface area contributed by atoms with Crippen LogP contribution >= 0.6 is 11.3 Å². The highest BCUT2D eigenvalue weighted by molar-refractivity contribution is 7.15. The van der Waals surface area contributed by atoms with E-state index in [-0.39, 0.29) is 0 Å². The molecule has 4 heteroatoms. The molecule has 0 atom stereocenters. The molecular formula is C12H14N2OS. The van der Waals surface area contributed by atoms with Gasteiger partial charge in [-0.25, -0.2) is 4.98 Å². The van der Waals surface area contributed by atoms with E-state index in [1.165, 1.54) is 0 Å². The summed E-state index contributed by atoms with van der Waals surface area (Å²) in [5.41, 5.74) is 7.49. The Labute approximate surface area is 98.9 Å². The number of anilines is 1. The van der Waals surface area contributed by atoms with Gasteiger partial charge in [0, 0.05) is 11.3 Å². The van der Waals surface area contributed by atoms with E-state index in [1.54, 1.807) is 11.3 Å². The largest absolute Gasteiger partial charge is 0.477 e. The van der Waals surface area contributed by atoms with Crippen LogP contribution in [0.25, 0.3) is 10.6 Å². The van der Waals surface area contributed by atoms with Gasteiger partial charge < -0.3 is 10.5 Å². The maximum Gasteiger partial charge on any atom is 0.227 e. The molecule has 0 aliphatic rings. The molecule has 0 saturated carbocycles. The summed E-state index contributed by atoms with van der Waals surface area (Å²) in [4.78, 5) is 5.56. The molecule has 1 aromatic heterocycles. The third kappa shape index (κ3) is 2.17. The molecule has 0 bridgehead atoms. The molecule has 3 nitrogen and oxygen atoms in total. The Morgan fingerprint density at radius 1 is 1.31 bits per heavy atom. The minimum atomic E-state index is 0.645. The molecule has 2 N–H and O–H groups in total. The molecule has 2 aromatic rings. The van der Waals surface area contributed by atoms with Gasteiger partial charge in [0.25, 0.3) is 0 Å². The first kappa shape index (κ1) is 11.0. The number of ether oxygens (including phenoxy) is 1. The van der Waals surface area contributed by atoms with Crippen LogP contribution in [0.3, 0.4) is 0 Å². The SMILES string of the molecule is CCOc1nc(-c2ccc(N)cc2)sc1C. The number of hydrogen-bond acceptors (Lipinski definition) is 4. The second-order valence-corrected chi connectivity index (χ2v) is 4.64. The molecule has 0 radical (unpaired) electrons. The Bertz CT molecular complexity index is 476. The van der Waals surface area contributed by atoms with Crippen LogP contribution in [0.1, 0.15) is 11.8 Å². The maximum absolute atomic E-state index is 5.65. The fourth-order valence-electron chi connectivity index (χ4n) is 1.40. The van der Waals surface area contributed by atoms with Crippen molar-refractivity contribution < 1.29 is 4.74 Å². The molecule has 16 heavy (non-hydrogen) atoms. The fourth-order valence-corrected chi connectivity index (χ4v) is 2.27. The van der Waals surface area contributed by atoms with Crippen molar-refractivity contribution in [1.29, 1.82) is 0 Å². The number of hydrogen-bond donors (Lipinski definition) is 1. The first-order valence-electron chi connectivity index (χ1n) is 5.17. The molecule has 0 aliphatic heterocycles. The standard InChI is InChI=1S/C12H14N2OS/c1-3-15-11-8(2)16-12(14-11)9-4-6-10(13)7-5-9/h4-7H,3,13H2,1-2H3. The Morgan fingerprint density at radius 2 is 2.00 bits per heavy atom. The predicted molar refractivity (Wildman–Crippen MR) is 67.9 cm³/mol. The zero-order valence-electron chi connectivity index (χ0n) is 9.36. The number of nitrogens with two attached hydrogens (primary N) is 1. The summed E-state index contributed by atoms with van der Waals surface area (Å²) in [7, 11) is 0. The van der Waals surface area contributed by atoms with Crippen molar-refractivity contribution in [3.05, 3.63) is 29.1 Å². The Kier molecular flexibility index (Phi) is 3.10. The van der Waals surface area contributed by atoms with Gasteiger partial charge in [0.2, 0.25) is 5.88 Å². The van der Waals surface area contributed by atoms with E-state index in [0.29, 0.717) is 6.61 Å². The summed E-state index contributed by atoms with van der Waals surface area (Å²) in [5, 5.41) is 0.973. The van der Waals surface area contributed by atoms with Crippen LogP contribution in [-0.2, 0) is 0 Å². The third-order valence-corrected chi connectivity index (χ3v) is 3.19. The fraction of sp³-hybridized carbons (Fsp3) is 0.250. The lowest BCUT2D eigenvalue weighted by Gasteiger charge is -1.98. The van der Waals surface area contributed by atoms with Gasteiger partial charge in [0.05, 0.1) is 11.5 Å². The Morgan fingerprint density at radius 3 is 2.62 bits per heavy atom. The van der Waals surface area contributed by atoms with Crippen molar-refractivity contribution in [2.75, 3.05) is 12.3 Å². The zero-order chi connectivity index (χ0) is 11.5. The normalized spacial score (nSPS) is 10.4. The lowest BCUT2D eigenvalue weighted by molar-refractivity contribution is 0.327. The van der Waals surface area contributed by atoms with E-state index in [1.807, 2.05) is 38.1 Å². The molecule has 2 rings (SSSR count). The van der Waals surface area contributed by atoms with E-state index in [9.17, 15) is 0 Å². The first-order valence-corrected chi connectivity index (χ1v) is 5.98. The second-order valence-electron chi connectivity index (χ2n) is 3.44. The van der Waals surface area contributed by atoms with E-state index < -0.39 is 0 Å². The van der Waals surface area contributed by atoms with E-state index >= 15 is 0 Å². The summed E-state index contributed by atoms with van der Waals surface area (Å²) < 4.78 is 5.44. The van der Waals surface area contributed by atoms with Gasteiger partial charge >= 0.3 is 0 Å². The van der Waals surface area contributed by atoms with Gasteiger partial charge in [-0.05, 0) is 38.1 Å². The third-order valence-electron chi connectivity index (χ3n) is 2.19. The van der Waals surface area contributed by atoms with Crippen molar-refractivity contribution in [3.63, 3.8) is 0 Å². The van der Waals surface area contributed by atoms with Gasteiger partial charge in [0.15, 0.2) is 0 Å². The van der Waals surface area contributed by atoms with Crippen molar-refractivity contribution in [1.82, 2.24) is 4.98 Å². The van der Waals surface area contributed by atoms with Crippen molar-refractivity contribution in [2.45, 2.75) is 13.8 Å². The van der Waals surface area contributed by atoms with Gasteiger partial charge in [-0.2, -0.15) is 0 Å². The topological polar surface area (TPSA) is 48.1 Å². The smallest absolute Gasteiger partial charge is 0.227 e. The lowest BCUT2D eigenvalue weighted by Crippen LogP contribution is -1.92. The molecule has 0 amide bonds. The van der Waals surface area contributed by atoms with Crippen LogP contribution < -0.4 is 10.5 Å². The van der Waals surface area contributed by atoms with Gasteiger partial charge in [-0.3, -0.25) is 0 Å². The summed E-state index contributed by atoms with van der Waals surface area (Å²) in [6.07, 6.45) is 0. The van der Waals surface area contributed by atoms with Crippen molar-refractivity contribution in [3.8, 4) is 16.5 Å². The van der Waals surface area contributed by atoms with E-state index in [0.717, 1.165) is 27.0 Å². The van der Waals surface area contributed by atoms with Crippen LogP contribution in [0.15, 0.2) is 24.3 Å². The minimum Gasteiger partial charge on any atom is -0.477 e. The minimum absolute atomic E-state index is 0.645. The number of nitrogens with zero attached hydrogens (tertiary/aromatic N) is 1. The molecule has 1 heterocycles. The van der Waals surface area contributed by atoms with Crippen LogP contribution in [0.2, 0.25) is 0 Å². The molecule has 1 aromatic carbocycles. The number of nitrogen functional groups attached to an aromatic ring is 1. The van der Waals surface area contributed by atoms with E-state index in [4.69, 9.17) is 10.5 Å². The monoisotopic (exact) mass is 234 g/mol. The number of rotatable bonds is 3. The highest BCUT2D eigenvalue weighted by Gasteiger charge is 2.09. The Hall–Kier alpha value is -1.55. The quantitative estimate of drug-likeness (QED) is 0.830. The average Bonchev–Trinajstić information content (AvgIpc) is 2.62. The summed E-state index contributed by atoms with van der Waals surface area (Å²) >= 11 is 1.64. The van der Waals surface area contributed by atoms with Gasteiger partial charge in [0.1, 0.15) is 5.01 Å². The molecule has 0 aliphatic carbocycles. The van der Waals surface area contributed by atoms with E-state index in [2.05, 4.69) is 4.98 Å². The zero-order valence-corrected chi connectivity index (χ0v) is 10.2. The van der Waals surface area contributed by atoms with Crippen LogP contribution in [-0.4, -0.2) is 11.6 Å². The number of benzene rings is 1. The van der Waals surface area contributed by atoms with Gasteiger partial charge in [-0.1, -0.05) is 0 Å². The predicted octanol–water partition coefficient (Wildman–Crippen LogP) is 3.10. The summed E-state index contributed by atoms with van der Waals surface area (Å²) in [6, 6.07) is 7.71.